The normalized spacial score (nSPS) is 10.4. The maximum Gasteiger partial charge on any atom is 0.0992 e. The van der Waals surface area contributed by atoms with Crippen LogP contribution in [-0.4, -0.2) is 9.78 Å². The van der Waals surface area contributed by atoms with E-state index in [1.165, 1.54) is 0 Å². The number of halogens is 2. The van der Waals surface area contributed by atoms with E-state index < -0.39 is 0 Å². The van der Waals surface area contributed by atoms with Crippen LogP contribution in [0.5, 0.6) is 0 Å². The zero-order valence-electron chi connectivity index (χ0n) is 12.0. The summed E-state index contributed by atoms with van der Waals surface area (Å²) < 4.78 is 3.97. The minimum Gasteiger partial charge on any atom is -0.378 e. The number of aryl methyl sites for hydroxylation is 2. The van der Waals surface area contributed by atoms with Gasteiger partial charge in [0.05, 0.1) is 34.0 Å². The van der Waals surface area contributed by atoms with Crippen LogP contribution in [0.15, 0.2) is 27.1 Å². The van der Waals surface area contributed by atoms with Crippen molar-refractivity contribution in [3.05, 3.63) is 44.1 Å². The van der Waals surface area contributed by atoms with Crippen LogP contribution >= 0.6 is 31.9 Å². The van der Waals surface area contributed by atoms with E-state index in [2.05, 4.69) is 62.2 Å². The topological polar surface area (TPSA) is 53.6 Å². The quantitative estimate of drug-likeness (QED) is 0.789. The van der Waals surface area contributed by atoms with Gasteiger partial charge < -0.3 is 5.32 Å². The Balaban J connectivity index is 2.20. The summed E-state index contributed by atoms with van der Waals surface area (Å²) in [6, 6.07) is 7.65. The third-order valence-electron chi connectivity index (χ3n) is 3.24. The lowest BCUT2D eigenvalue weighted by molar-refractivity contribution is 0.619. The van der Waals surface area contributed by atoms with Crippen molar-refractivity contribution in [3.63, 3.8) is 0 Å². The molecule has 4 nitrogen and oxygen atoms in total. The zero-order valence-corrected chi connectivity index (χ0v) is 15.1. The van der Waals surface area contributed by atoms with Gasteiger partial charge in [-0.2, -0.15) is 10.4 Å². The Hall–Kier alpha value is -1.32. The summed E-state index contributed by atoms with van der Waals surface area (Å²) in [6.07, 6.45) is 0.904. The van der Waals surface area contributed by atoms with E-state index in [0.717, 1.165) is 39.0 Å². The van der Waals surface area contributed by atoms with Crippen LogP contribution in [0.3, 0.4) is 0 Å². The molecular weight excluding hydrogens is 396 g/mol. The Labute approximate surface area is 141 Å². The van der Waals surface area contributed by atoms with Gasteiger partial charge >= 0.3 is 0 Å². The maximum atomic E-state index is 8.89. The third kappa shape index (κ3) is 3.47. The first-order valence-corrected chi connectivity index (χ1v) is 8.36. The fraction of sp³-hybridized carbons (Fsp3) is 0.333. The van der Waals surface area contributed by atoms with Crippen molar-refractivity contribution >= 4 is 37.5 Å². The summed E-state index contributed by atoms with van der Waals surface area (Å²) in [5, 5.41) is 16.9. The van der Waals surface area contributed by atoms with E-state index in [1.807, 2.05) is 16.8 Å². The lowest BCUT2D eigenvalue weighted by Crippen LogP contribution is -2.08. The maximum absolute atomic E-state index is 8.89. The molecule has 1 aromatic carbocycles. The first-order valence-electron chi connectivity index (χ1n) is 6.78. The molecular formula is C15H16Br2N4. The number of benzene rings is 1. The minimum atomic E-state index is 0.639. The highest BCUT2D eigenvalue weighted by Crippen LogP contribution is 2.26. The van der Waals surface area contributed by atoms with E-state index in [0.29, 0.717) is 12.1 Å². The molecule has 0 saturated carbocycles. The Bertz CT molecular complexity index is 686. The van der Waals surface area contributed by atoms with Crippen LogP contribution in [0.4, 0.5) is 5.69 Å². The molecule has 21 heavy (non-hydrogen) atoms. The predicted octanol–water partition coefficient (Wildman–Crippen LogP) is 4.47. The smallest absolute Gasteiger partial charge is 0.0992 e. The molecule has 0 unspecified atom stereocenters. The van der Waals surface area contributed by atoms with E-state index in [-0.39, 0.29) is 0 Å². The lowest BCUT2D eigenvalue weighted by atomic mass is 10.2. The molecule has 1 N–H and O–H groups in total. The van der Waals surface area contributed by atoms with Crippen molar-refractivity contribution in [3.8, 4) is 6.07 Å². The Morgan fingerprint density at radius 3 is 2.67 bits per heavy atom. The van der Waals surface area contributed by atoms with Crippen molar-refractivity contribution in [1.82, 2.24) is 9.78 Å². The van der Waals surface area contributed by atoms with Gasteiger partial charge in [-0.1, -0.05) is 6.92 Å². The molecule has 2 aromatic rings. The number of nitrogens with zero attached hydrogens (tertiary/aromatic N) is 3. The lowest BCUT2D eigenvalue weighted by Gasteiger charge is -2.10. The van der Waals surface area contributed by atoms with Crippen LogP contribution in [0.1, 0.15) is 30.8 Å². The Kier molecular flexibility index (Phi) is 5.43. The van der Waals surface area contributed by atoms with E-state index in [1.54, 1.807) is 6.07 Å². The number of nitrogens with one attached hydrogen (secondary N) is 1. The van der Waals surface area contributed by atoms with Gasteiger partial charge in [-0.3, -0.25) is 4.68 Å². The molecule has 1 aromatic heterocycles. The summed E-state index contributed by atoms with van der Waals surface area (Å²) >= 11 is 7.13. The zero-order chi connectivity index (χ0) is 15.4. The molecule has 0 aliphatic carbocycles. The van der Waals surface area contributed by atoms with E-state index in [4.69, 9.17) is 5.26 Å². The van der Waals surface area contributed by atoms with Crippen LogP contribution in [0.2, 0.25) is 0 Å². The summed E-state index contributed by atoms with van der Waals surface area (Å²) in [6.45, 7) is 5.69. The molecule has 0 aliphatic heterocycles. The molecule has 110 valence electrons. The van der Waals surface area contributed by atoms with Gasteiger partial charge in [0.25, 0.3) is 0 Å². The predicted molar refractivity (Wildman–Crippen MR) is 91.2 cm³/mol. The third-order valence-corrected chi connectivity index (χ3v) is 4.81. The van der Waals surface area contributed by atoms with Gasteiger partial charge in [0.2, 0.25) is 0 Å². The van der Waals surface area contributed by atoms with Crippen LogP contribution in [-0.2, 0) is 19.5 Å². The SMILES string of the molecule is CCc1nn(CC)c(CNc2ccc(C#N)cc2Br)c1Br. The Morgan fingerprint density at radius 1 is 1.33 bits per heavy atom. The average Bonchev–Trinajstić information content (AvgIpc) is 2.81. The number of rotatable bonds is 5. The highest BCUT2D eigenvalue weighted by Gasteiger charge is 2.13. The summed E-state index contributed by atoms with van der Waals surface area (Å²) in [5.41, 5.74) is 3.81. The van der Waals surface area contributed by atoms with Gasteiger partial charge in [-0.15, -0.1) is 0 Å². The number of aromatic nitrogens is 2. The molecule has 0 fully saturated rings. The van der Waals surface area contributed by atoms with Crippen LogP contribution < -0.4 is 5.32 Å². The number of anilines is 1. The number of hydrogen-bond donors (Lipinski definition) is 1. The van der Waals surface area contributed by atoms with Gasteiger partial charge in [-0.25, -0.2) is 0 Å². The average molecular weight is 412 g/mol. The first kappa shape index (κ1) is 16.1. The molecule has 0 radical (unpaired) electrons. The van der Waals surface area contributed by atoms with Crippen molar-refractivity contribution in [2.75, 3.05) is 5.32 Å². The summed E-state index contributed by atoms with van der Waals surface area (Å²) in [5.74, 6) is 0. The van der Waals surface area contributed by atoms with Crippen molar-refractivity contribution in [2.24, 2.45) is 0 Å². The second-order valence-electron chi connectivity index (χ2n) is 4.54. The van der Waals surface area contributed by atoms with E-state index in [9.17, 15) is 0 Å². The van der Waals surface area contributed by atoms with Gasteiger partial charge in [-0.05, 0) is 63.4 Å². The Morgan fingerprint density at radius 2 is 2.10 bits per heavy atom. The summed E-state index contributed by atoms with van der Waals surface area (Å²) in [4.78, 5) is 0. The molecule has 6 heteroatoms. The van der Waals surface area contributed by atoms with Gasteiger partial charge in [0.1, 0.15) is 0 Å². The second-order valence-corrected chi connectivity index (χ2v) is 6.18. The fourth-order valence-electron chi connectivity index (χ4n) is 2.09. The molecule has 0 aliphatic rings. The largest absolute Gasteiger partial charge is 0.378 e. The first-order chi connectivity index (χ1) is 10.1. The monoisotopic (exact) mass is 410 g/mol. The van der Waals surface area contributed by atoms with E-state index >= 15 is 0 Å². The molecule has 1 heterocycles. The molecule has 0 bridgehead atoms. The number of nitriles is 1. The molecule has 2 rings (SSSR count). The second kappa shape index (κ2) is 7.10. The van der Waals surface area contributed by atoms with Crippen LogP contribution in [0, 0.1) is 11.3 Å². The van der Waals surface area contributed by atoms with Crippen LogP contribution in [0.25, 0.3) is 0 Å². The molecule has 0 spiro atoms. The summed E-state index contributed by atoms with van der Waals surface area (Å²) in [7, 11) is 0. The van der Waals surface area contributed by atoms with Crippen molar-refractivity contribution < 1.29 is 0 Å². The van der Waals surface area contributed by atoms with Gasteiger partial charge in [0, 0.05) is 16.7 Å². The molecule has 0 saturated heterocycles. The number of hydrogen-bond acceptors (Lipinski definition) is 3. The highest BCUT2D eigenvalue weighted by atomic mass is 79.9. The fourth-order valence-corrected chi connectivity index (χ4v) is 3.32. The van der Waals surface area contributed by atoms with Crippen molar-refractivity contribution in [1.29, 1.82) is 5.26 Å². The van der Waals surface area contributed by atoms with Gasteiger partial charge in [0.15, 0.2) is 0 Å². The minimum absolute atomic E-state index is 0.639. The highest BCUT2D eigenvalue weighted by molar-refractivity contribution is 9.11. The standard InChI is InChI=1S/C15H16Br2N4/c1-3-12-15(17)14(21(4-2)20-12)9-19-13-6-5-10(8-18)7-11(13)16/h5-7,19H,3-4,9H2,1-2H3. The van der Waals surface area contributed by atoms with Crippen molar-refractivity contribution in [2.45, 2.75) is 33.4 Å². The molecule has 0 atom stereocenters. The molecule has 0 amide bonds.